The summed E-state index contributed by atoms with van der Waals surface area (Å²) in [6, 6.07) is 7.52. The van der Waals surface area contributed by atoms with E-state index in [1.54, 1.807) is 4.90 Å². The maximum Gasteiger partial charge on any atom is 0.255 e. The molecular weight excluding hydrogens is 320 g/mol. The molecule has 0 aliphatic carbocycles. The third kappa shape index (κ3) is 3.85. The monoisotopic (exact) mass is 344 g/mol. The van der Waals surface area contributed by atoms with E-state index in [9.17, 15) is 9.90 Å². The van der Waals surface area contributed by atoms with Crippen molar-refractivity contribution in [3.63, 3.8) is 0 Å². The normalized spacial score (nSPS) is 15.2. The molecule has 2 aromatic rings. The molecule has 6 nitrogen and oxygen atoms in total. The van der Waals surface area contributed by atoms with Crippen molar-refractivity contribution >= 4 is 5.91 Å². The van der Waals surface area contributed by atoms with Gasteiger partial charge in [0.15, 0.2) is 12.0 Å². The Morgan fingerprint density at radius 3 is 2.88 bits per heavy atom. The van der Waals surface area contributed by atoms with Gasteiger partial charge in [0, 0.05) is 18.9 Å². The number of oxazole rings is 1. The van der Waals surface area contributed by atoms with Crippen molar-refractivity contribution in [3.8, 4) is 5.75 Å². The third-order valence-electron chi connectivity index (χ3n) is 4.33. The summed E-state index contributed by atoms with van der Waals surface area (Å²) >= 11 is 0. The summed E-state index contributed by atoms with van der Waals surface area (Å²) in [5, 5.41) is 10.2. The van der Waals surface area contributed by atoms with E-state index in [0.29, 0.717) is 31.2 Å². The van der Waals surface area contributed by atoms with Crippen LogP contribution in [0.5, 0.6) is 5.75 Å². The minimum Gasteiger partial charge on any atom is -0.490 e. The molecule has 0 saturated carbocycles. The highest BCUT2D eigenvalue weighted by molar-refractivity contribution is 5.81. The van der Waals surface area contributed by atoms with Crippen LogP contribution in [-0.2, 0) is 17.8 Å². The Balaban J connectivity index is 1.60. The average molecular weight is 344 g/mol. The number of aliphatic hydroxyl groups excluding tert-OH is 1. The molecule has 1 aliphatic rings. The van der Waals surface area contributed by atoms with Crippen LogP contribution in [0.15, 0.2) is 28.7 Å². The Labute approximate surface area is 147 Å². The Hall–Kier alpha value is -2.34. The van der Waals surface area contributed by atoms with Gasteiger partial charge in [-0.1, -0.05) is 32.0 Å². The molecule has 1 aromatic heterocycles. The summed E-state index contributed by atoms with van der Waals surface area (Å²) in [6.07, 6.45) is -0.579. The number of amides is 1. The fraction of sp³-hybridized carbons (Fsp3) is 0.474. The number of carbonyl (C=O) groups excluding carboxylic acids is 1. The molecule has 1 aliphatic heterocycles. The number of carbonyl (C=O) groups is 1. The second-order valence-corrected chi connectivity index (χ2v) is 6.68. The number of ether oxygens (including phenoxy) is 1. The van der Waals surface area contributed by atoms with Crippen LogP contribution in [0, 0.1) is 6.92 Å². The van der Waals surface area contributed by atoms with Crippen molar-refractivity contribution in [2.45, 2.75) is 45.8 Å². The predicted octanol–water partition coefficient (Wildman–Crippen LogP) is 2.43. The Morgan fingerprint density at radius 1 is 1.40 bits per heavy atom. The van der Waals surface area contributed by atoms with Crippen LogP contribution in [0.3, 0.4) is 0 Å². The largest absolute Gasteiger partial charge is 0.490 e. The topological polar surface area (TPSA) is 75.8 Å². The van der Waals surface area contributed by atoms with Gasteiger partial charge in [-0.2, -0.15) is 0 Å². The van der Waals surface area contributed by atoms with Crippen LogP contribution in [-0.4, -0.2) is 40.2 Å². The number of hydrogen-bond donors (Lipinski definition) is 1. The van der Waals surface area contributed by atoms with Gasteiger partial charge in [0.2, 0.25) is 0 Å². The SMILES string of the molecule is Cc1ccccc1OCC(O)C(=O)N1CCc2oc(C(C)C)nc2C1. The first-order valence-corrected chi connectivity index (χ1v) is 8.59. The molecule has 1 unspecified atom stereocenters. The number of hydrogen-bond acceptors (Lipinski definition) is 5. The van der Waals surface area contributed by atoms with Gasteiger partial charge in [-0.15, -0.1) is 0 Å². The predicted molar refractivity (Wildman–Crippen MR) is 92.4 cm³/mol. The molecule has 0 saturated heterocycles. The van der Waals surface area contributed by atoms with Crippen LogP contribution >= 0.6 is 0 Å². The van der Waals surface area contributed by atoms with Crippen LogP contribution in [0.25, 0.3) is 0 Å². The minimum absolute atomic E-state index is 0.0664. The number of aryl methyl sites for hydroxylation is 1. The van der Waals surface area contributed by atoms with E-state index < -0.39 is 6.10 Å². The standard InChI is InChI=1S/C19H24N2O4/c1-12(2)18-20-14-10-21(9-8-17(14)25-18)19(23)15(22)11-24-16-7-5-4-6-13(16)3/h4-7,12,15,22H,8-11H2,1-3H3. The molecular formula is C19H24N2O4. The van der Waals surface area contributed by atoms with E-state index in [2.05, 4.69) is 4.98 Å². The van der Waals surface area contributed by atoms with Crippen molar-refractivity contribution in [1.29, 1.82) is 0 Å². The lowest BCUT2D eigenvalue weighted by molar-refractivity contribution is -0.142. The lowest BCUT2D eigenvalue weighted by Crippen LogP contribution is -2.44. The first-order chi connectivity index (χ1) is 12.0. The minimum atomic E-state index is -1.20. The molecule has 0 fully saturated rings. The highest BCUT2D eigenvalue weighted by atomic mass is 16.5. The summed E-state index contributed by atoms with van der Waals surface area (Å²) in [5.74, 6) is 2.09. The van der Waals surface area contributed by atoms with E-state index in [1.807, 2.05) is 45.0 Å². The number of benzene rings is 1. The van der Waals surface area contributed by atoms with Crippen LogP contribution in [0.2, 0.25) is 0 Å². The molecule has 134 valence electrons. The van der Waals surface area contributed by atoms with E-state index >= 15 is 0 Å². The zero-order valence-corrected chi connectivity index (χ0v) is 14.9. The van der Waals surface area contributed by atoms with Gasteiger partial charge in [-0.05, 0) is 18.6 Å². The molecule has 0 spiro atoms. The average Bonchev–Trinajstić information content (AvgIpc) is 3.03. The highest BCUT2D eigenvalue weighted by Crippen LogP contribution is 2.24. The van der Waals surface area contributed by atoms with Crippen LogP contribution in [0.1, 0.15) is 42.7 Å². The zero-order chi connectivity index (χ0) is 18.0. The Kier molecular flexibility index (Phi) is 5.08. The van der Waals surface area contributed by atoms with Crippen molar-refractivity contribution in [1.82, 2.24) is 9.88 Å². The molecule has 0 radical (unpaired) electrons. The Bertz CT molecular complexity index is 754. The maximum absolute atomic E-state index is 12.5. The van der Waals surface area contributed by atoms with Crippen molar-refractivity contribution < 1.29 is 19.1 Å². The first kappa shape index (κ1) is 17.5. The second kappa shape index (κ2) is 7.27. The van der Waals surface area contributed by atoms with Gasteiger partial charge in [0.25, 0.3) is 5.91 Å². The van der Waals surface area contributed by atoms with Crippen LogP contribution < -0.4 is 4.74 Å². The van der Waals surface area contributed by atoms with Crippen LogP contribution in [0.4, 0.5) is 0 Å². The number of para-hydroxylation sites is 1. The fourth-order valence-corrected chi connectivity index (χ4v) is 2.82. The summed E-state index contributed by atoms with van der Waals surface area (Å²) < 4.78 is 11.3. The van der Waals surface area contributed by atoms with Gasteiger partial charge in [-0.25, -0.2) is 4.98 Å². The molecule has 1 amide bonds. The number of fused-ring (bicyclic) bond motifs is 1. The van der Waals surface area contributed by atoms with Crippen molar-refractivity contribution in [2.75, 3.05) is 13.2 Å². The molecule has 2 heterocycles. The van der Waals surface area contributed by atoms with Crippen molar-refractivity contribution in [2.24, 2.45) is 0 Å². The van der Waals surface area contributed by atoms with Gasteiger partial charge in [0.1, 0.15) is 23.8 Å². The summed E-state index contributed by atoms with van der Waals surface area (Å²) in [7, 11) is 0. The first-order valence-electron chi connectivity index (χ1n) is 8.59. The van der Waals surface area contributed by atoms with E-state index in [4.69, 9.17) is 9.15 Å². The quantitative estimate of drug-likeness (QED) is 0.901. The molecule has 1 atom stereocenters. The van der Waals surface area contributed by atoms with Gasteiger partial charge < -0.3 is 19.2 Å². The van der Waals surface area contributed by atoms with Gasteiger partial charge in [0.05, 0.1) is 6.54 Å². The smallest absolute Gasteiger partial charge is 0.255 e. The summed E-state index contributed by atoms with van der Waals surface area (Å²) in [5.41, 5.74) is 1.75. The highest BCUT2D eigenvalue weighted by Gasteiger charge is 2.29. The molecule has 25 heavy (non-hydrogen) atoms. The molecule has 6 heteroatoms. The fourth-order valence-electron chi connectivity index (χ4n) is 2.82. The number of aliphatic hydroxyl groups is 1. The molecule has 1 N–H and O–H groups in total. The molecule has 1 aromatic carbocycles. The summed E-state index contributed by atoms with van der Waals surface area (Å²) in [6.45, 7) is 6.78. The maximum atomic E-state index is 12.5. The molecule has 3 rings (SSSR count). The lowest BCUT2D eigenvalue weighted by atomic mass is 10.1. The molecule has 0 bridgehead atoms. The van der Waals surface area contributed by atoms with E-state index in [0.717, 1.165) is 17.0 Å². The van der Waals surface area contributed by atoms with E-state index in [-0.39, 0.29) is 18.4 Å². The number of aromatic nitrogens is 1. The van der Waals surface area contributed by atoms with E-state index in [1.165, 1.54) is 0 Å². The second-order valence-electron chi connectivity index (χ2n) is 6.68. The number of nitrogens with zero attached hydrogens (tertiary/aromatic N) is 2. The van der Waals surface area contributed by atoms with Crippen molar-refractivity contribution in [3.05, 3.63) is 47.2 Å². The van der Waals surface area contributed by atoms with Gasteiger partial charge >= 0.3 is 0 Å². The van der Waals surface area contributed by atoms with Gasteiger partial charge in [-0.3, -0.25) is 4.79 Å². The third-order valence-corrected chi connectivity index (χ3v) is 4.33. The number of rotatable bonds is 5. The lowest BCUT2D eigenvalue weighted by Gasteiger charge is -2.27. The Morgan fingerprint density at radius 2 is 2.16 bits per heavy atom. The zero-order valence-electron chi connectivity index (χ0n) is 14.9. The summed E-state index contributed by atoms with van der Waals surface area (Å²) in [4.78, 5) is 18.6.